The second-order valence-corrected chi connectivity index (χ2v) is 6.82. The average molecular weight is 334 g/mol. The molecule has 1 heterocycles. The molecule has 0 bridgehead atoms. The van der Waals surface area contributed by atoms with Crippen LogP contribution in [-0.4, -0.2) is 9.97 Å². The van der Waals surface area contributed by atoms with Crippen LogP contribution in [0.25, 0.3) is 22.3 Å². The number of hydrogen-bond acceptors (Lipinski definition) is 3. The van der Waals surface area contributed by atoms with E-state index in [2.05, 4.69) is 6.07 Å². The number of aromatic nitrogens is 2. The van der Waals surface area contributed by atoms with E-state index in [0.717, 1.165) is 47.2 Å². The van der Waals surface area contributed by atoms with Crippen molar-refractivity contribution in [1.82, 2.24) is 9.97 Å². The highest BCUT2D eigenvalue weighted by molar-refractivity contribution is 6.30. The molecule has 3 aromatic rings. The Morgan fingerprint density at radius 1 is 1.00 bits per heavy atom. The molecule has 2 aromatic carbocycles. The summed E-state index contributed by atoms with van der Waals surface area (Å²) in [6, 6.07) is 18.0. The normalized spacial score (nSPS) is 19.7. The molecule has 4 rings (SSSR count). The number of benzene rings is 2. The summed E-state index contributed by atoms with van der Waals surface area (Å²) in [5.41, 5.74) is 4.78. The van der Waals surface area contributed by atoms with Gasteiger partial charge >= 0.3 is 0 Å². The third kappa shape index (κ3) is 2.86. The first kappa shape index (κ1) is 15.1. The zero-order chi connectivity index (χ0) is 16.5. The molecule has 118 valence electrons. The van der Waals surface area contributed by atoms with E-state index in [0.29, 0.717) is 10.9 Å². The highest BCUT2D eigenvalue weighted by Crippen LogP contribution is 2.37. The van der Waals surface area contributed by atoms with Gasteiger partial charge in [0.1, 0.15) is 0 Å². The molecule has 1 aromatic heterocycles. The van der Waals surface area contributed by atoms with Gasteiger partial charge in [0.25, 0.3) is 0 Å². The monoisotopic (exact) mass is 333 g/mol. The zero-order valence-corrected chi connectivity index (χ0v) is 13.9. The molecule has 3 nitrogen and oxygen atoms in total. The van der Waals surface area contributed by atoms with Gasteiger partial charge in [0.15, 0.2) is 0 Å². The van der Waals surface area contributed by atoms with Crippen LogP contribution < -0.4 is 0 Å². The summed E-state index contributed by atoms with van der Waals surface area (Å²) in [6.45, 7) is 0. The fourth-order valence-corrected chi connectivity index (χ4v) is 3.43. The maximum atomic E-state index is 8.98. The Balaban J connectivity index is 1.76. The molecule has 0 radical (unpaired) electrons. The van der Waals surface area contributed by atoms with E-state index in [1.807, 2.05) is 48.5 Å². The highest BCUT2D eigenvalue weighted by atomic mass is 35.5. The molecule has 4 heteroatoms. The number of halogens is 1. The van der Waals surface area contributed by atoms with Crippen LogP contribution in [0.15, 0.2) is 48.5 Å². The first-order chi connectivity index (χ1) is 11.7. The smallest absolute Gasteiger partial charge is 0.0925 e. The molecule has 0 spiro atoms. The van der Waals surface area contributed by atoms with E-state index < -0.39 is 0 Å². The van der Waals surface area contributed by atoms with Gasteiger partial charge in [0.05, 0.1) is 28.5 Å². The number of para-hydroxylation sites is 2. The average Bonchev–Trinajstić information content (AvgIpc) is 2.57. The summed E-state index contributed by atoms with van der Waals surface area (Å²) in [6.07, 6.45) is 2.80. The summed E-state index contributed by atoms with van der Waals surface area (Å²) in [5, 5.41) is 9.69. The van der Waals surface area contributed by atoms with Gasteiger partial charge in [-0.25, -0.2) is 9.97 Å². The van der Waals surface area contributed by atoms with Crippen LogP contribution in [0.2, 0.25) is 5.02 Å². The van der Waals surface area contributed by atoms with Crippen molar-refractivity contribution in [1.29, 1.82) is 5.26 Å². The van der Waals surface area contributed by atoms with Crippen molar-refractivity contribution in [3.63, 3.8) is 0 Å². The Morgan fingerprint density at radius 3 is 2.33 bits per heavy atom. The minimum absolute atomic E-state index is 0.211. The molecule has 0 amide bonds. The Labute approximate surface area is 145 Å². The molecule has 0 unspecified atom stereocenters. The predicted octanol–water partition coefficient (Wildman–Crippen LogP) is 5.04. The van der Waals surface area contributed by atoms with Gasteiger partial charge in [-0.3, -0.25) is 0 Å². The van der Waals surface area contributed by atoms with Crippen molar-refractivity contribution < 1.29 is 0 Å². The maximum Gasteiger partial charge on any atom is 0.0925 e. The van der Waals surface area contributed by atoms with Crippen LogP contribution in [0.1, 0.15) is 18.5 Å². The molecule has 1 fully saturated rings. The lowest BCUT2D eigenvalue weighted by atomic mass is 9.73. The highest BCUT2D eigenvalue weighted by Gasteiger charge is 2.30. The Bertz CT molecular complexity index is 922. The van der Waals surface area contributed by atoms with Gasteiger partial charge in [-0.2, -0.15) is 5.26 Å². The number of fused-ring (bicyclic) bond motifs is 1. The molecule has 0 aliphatic heterocycles. The topological polar surface area (TPSA) is 49.6 Å². The Kier molecular flexibility index (Phi) is 3.92. The number of nitriles is 1. The number of nitrogens with zero attached hydrogens (tertiary/aromatic N) is 3. The standard InChI is InChI=1S/C20H16ClN3/c21-16-7-5-15(6-8-16)20-19(11-13-9-14(10-13)12-22)23-17-3-1-2-4-18(17)24-20/h1-8,13-14H,9-11H2. The van der Waals surface area contributed by atoms with Crippen molar-refractivity contribution in [3.8, 4) is 17.3 Å². The van der Waals surface area contributed by atoms with Crippen LogP contribution in [-0.2, 0) is 6.42 Å². The molecule has 24 heavy (non-hydrogen) atoms. The second-order valence-electron chi connectivity index (χ2n) is 6.38. The fourth-order valence-electron chi connectivity index (χ4n) is 3.30. The van der Waals surface area contributed by atoms with Crippen LogP contribution >= 0.6 is 11.6 Å². The Hall–Kier alpha value is -2.44. The van der Waals surface area contributed by atoms with Crippen molar-refractivity contribution in [2.75, 3.05) is 0 Å². The fraction of sp³-hybridized carbons (Fsp3) is 0.250. The lowest BCUT2D eigenvalue weighted by molar-refractivity contribution is 0.243. The van der Waals surface area contributed by atoms with Gasteiger partial charge in [0.2, 0.25) is 0 Å². The van der Waals surface area contributed by atoms with Gasteiger partial charge < -0.3 is 0 Å². The van der Waals surface area contributed by atoms with Crippen molar-refractivity contribution in [2.24, 2.45) is 11.8 Å². The summed E-state index contributed by atoms with van der Waals surface area (Å²) in [4.78, 5) is 9.72. The molecular weight excluding hydrogens is 318 g/mol. The van der Waals surface area contributed by atoms with Gasteiger partial charge in [-0.05, 0) is 49.4 Å². The quantitative estimate of drug-likeness (QED) is 0.674. The van der Waals surface area contributed by atoms with Crippen molar-refractivity contribution >= 4 is 22.6 Å². The first-order valence-electron chi connectivity index (χ1n) is 8.14. The molecular formula is C20H16ClN3. The lowest BCUT2D eigenvalue weighted by Gasteiger charge is -2.30. The van der Waals surface area contributed by atoms with E-state index in [-0.39, 0.29) is 5.92 Å². The summed E-state index contributed by atoms with van der Waals surface area (Å²) in [7, 11) is 0. The van der Waals surface area contributed by atoms with Crippen LogP contribution in [0.3, 0.4) is 0 Å². The molecule has 0 N–H and O–H groups in total. The lowest BCUT2D eigenvalue weighted by Crippen LogP contribution is -2.24. The van der Waals surface area contributed by atoms with Gasteiger partial charge in [0, 0.05) is 16.5 Å². The molecule has 1 saturated carbocycles. The minimum atomic E-state index is 0.211. The first-order valence-corrected chi connectivity index (χ1v) is 8.52. The molecule has 0 atom stereocenters. The van der Waals surface area contributed by atoms with E-state index in [4.69, 9.17) is 26.8 Å². The maximum absolute atomic E-state index is 8.98. The largest absolute Gasteiger partial charge is 0.249 e. The van der Waals surface area contributed by atoms with Crippen LogP contribution in [0.4, 0.5) is 0 Å². The van der Waals surface area contributed by atoms with Crippen LogP contribution in [0.5, 0.6) is 0 Å². The van der Waals surface area contributed by atoms with Crippen molar-refractivity contribution in [2.45, 2.75) is 19.3 Å². The zero-order valence-electron chi connectivity index (χ0n) is 13.1. The van der Waals surface area contributed by atoms with Crippen molar-refractivity contribution in [3.05, 3.63) is 59.2 Å². The van der Waals surface area contributed by atoms with Gasteiger partial charge in [-0.1, -0.05) is 35.9 Å². The Morgan fingerprint density at radius 2 is 1.67 bits per heavy atom. The number of hydrogen-bond donors (Lipinski definition) is 0. The molecule has 1 aliphatic rings. The second kappa shape index (κ2) is 6.22. The molecule has 0 saturated heterocycles. The minimum Gasteiger partial charge on any atom is -0.249 e. The third-order valence-corrected chi connectivity index (χ3v) is 4.91. The number of rotatable bonds is 3. The van der Waals surface area contributed by atoms with Gasteiger partial charge in [-0.15, -0.1) is 0 Å². The van der Waals surface area contributed by atoms with E-state index in [1.54, 1.807) is 0 Å². The van der Waals surface area contributed by atoms with Crippen LogP contribution in [0, 0.1) is 23.2 Å². The van der Waals surface area contributed by atoms with E-state index in [1.165, 1.54) is 0 Å². The summed E-state index contributed by atoms with van der Waals surface area (Å²) < 4.78 is 0. The van der Waals surface area contributed by atoms with E-state index >= 15 is 0 Å². The van der Waals surface area contributed by atoms with E-state index in [9.17, 15) is 0 Å². The SMILES string of the molecule is N#CC1CC(Cc2nc3ccccc3nc2-c2ccc(Cl)cc2)C1. The molecule has 1 aliphatic carbocycles. The predicted molar refractivity (Wildman–Crippen MR) is 95.5 cm³/mol. The third-order valence-electron chi connectivity index (χ3n) is 4.66. The summed E-state index contributed by atoms with van der Waals surface area (Å²) >= 11 is 6.02. The summed E-state index contributed by atoms with van der Waals surface area (Å²) in [5.74, 6) is 0.735.